The van der Waals surface area contributed by atoms with E-state index in [4.69, 9.17) is 5.73 Å². The van der Waals surface area contributed by atoms with Crippen LogP contribution >= 0.6 is 12.4 Å². The van der Waals surface area contributed by atoms with Gasteiger partial charge in [-0.25, -0.2) is 0 Å². The van der Waals surface area contributed by atoms with E-state index in [9.17, 15) is 15.3 Å². The molecule has 0 aromatic rings. The molecule has 0 radical (unpaired) electrons. The van der Waals surface area contributed by atoms with Crippen molar-refractivity contribution in [2.24, 2.45) is 11.7 Å². The molecule has 154 valence electrons. The lowest BCUT2D eigenvalue weighted by Gasteiger charge is -2.46. The fourth-order valence-electron chi connectivity index (χ4n) is 3.71. The second kappa shape index (κ2) is 15.2. The molecule has 4 unspecified atom stereocenters. The fraction of sp³-hybridized carbons (Fsp3) is 1.00. The zero-order valence-electron chi connectivity index (χ0n) is 16.9. The molecular formula is C20H44ClNO3. The number of nitrogens with two attached hydrogens (primary N) is 1. The van der Waals surface area contributed by atoms with Gasteiger partial charge in [0, 0.05) is 5.92 Å². The molecule has 0 saturated carbocycles. The van der Waals surface area contributed by atoms with E-state index in [2.05, 4.69) is 27.7 Å². The van der Waals surface area contributed by atoms with Gasteiger partial charge in [0.05, 0.1) is 23.9 Å². The van der Waals surface area contributed by atoms with E-state index in [0.29, 0.717) is 19.3 Å². The maximum Gasteiger partial charge on any atom is 0.0748 e. The van der Waals surface area contributed by atoms with Crippen LogP contribution in [-0.4, -0.2) is 39.2 Å². The Bertz CT molecular complexity index is 291. The molecule has 0 aliphatic heterocycles. The van der Waals surface area contributed by atoms with Gasteiger partial charge in [-0.3, -0.25) is 0 Å². The Hall–Kier alpha value is 0.130. The second-order valence-corrected chi connectivity index (χ2v) is 7.42. The molecule has 4 atom stereocenters. The number of aliphatic hydroxyl groups is 3. The smallest absolute Gasteiger partial charge is 0.0748 e. The van der Waals surface area contributed by atoms with Gasteiger partial charge in [-0.1, -0.05) is 72.6 Å². The SMILES string of the molecule is CCCCC(O)C(CCC)C(N)(C(O)CCCC)C(O)CCCC.Cl. The van der Waals surface area contributed by atoms with E-state index in [-0.39, 0.29) is 18.3 Å². The van der Waals surface area contributed by atoms with Crippen LogP contribution in [0.1, 0.15) is 98.3 Å². The fourth-order valence-corrected chi connectivity index (χ4v) is 3.71. The van der Waals surface area contributed by atoms with Gasteiger partial charge in [0.25, 0.3) is 0 Å². The Morgan fingerprint density at radius 1 is 0.680 bits per heavy atom. The van der Waals surface area contributed by atoms with Crippen LogP contribution in [0.5, 0.6) is 0 Å². The van der Waals surface area contributed by atoms with Crippen LogP contribution in [-0.2, 0) is 0 Å². The van der Waals surface area contributed by atoms with Gasteiger partial charge >= 0.3 is 0 Å². The van der Waals surface area contributed by atoms with E-state index >= 15 is 0 Å². The Balaban J connectivity index is 0. The van der Waals surface area contributed by atoms with Crippen molar-refractivity contribution in [1.82, 2.24) is 0 Å². The standard InChI is InChI=1S/C20H43NO3.ClH/c1-5-9-13-17(22)16(12-8-4)20(21,18(23)14-10-6-2)19(24)15-11-7-3;/h16-19,22-24H,5-15,21H2,1-4H3;1H. The monoisotopic (exact) mass is 381 g/mol. The molecule has 0 heterocycles. The maximum absolute atomic E-state index is 10.8. The molecule has 5 heteroatoms. The summed E-state index contributed by atoms with van der Waals surface area (Å²) in [7, 11) is 0. The molecule has 0 aromatic carbocycles. The highest BCUT2D eigenvalue weighted by Crippen LogP contribution is 2.35. The molecule has 0 aliphatic carbocycles. The Kier molecular flexibility index (Phi) is 16.6. The molecule has 0 fully saturated rings. The summed E-state index contributed by atoms with van der Waals surface area (Å²) in [5.74, 6) is -0.271. The highest BCUT2D eigenvalue weighted by Gasteiger charge is 2.48. The molecular weight excluding hydrogens is 338 g/mol. The summed E-state index contributed by atoms with van der Waals surface area (Å²) in [4.78, 5) is 0. The molecule has 0 spiro atoms. The molecule has 5 N–H and O–H groups in total. The van der Waals surface area contributed by atoms with Crippen LogP contribution in [0, 0.1) is 5.92 Å². The van der Waals surface area contributed by atoms with E-state index < -0.39 is 23.9 Å². The molecule has 0 amide bonds. The summed E-state index contributed by atoms with van der Waals surface area (Å²) in [5, 5.41) is 32.4. The van der Waals surface area contributed by atoms with E-state index in [1.54, 1.807) is 0 Å². The minimum atomic E-state index is -1.13. The molecule has 25 heavy (non-hydrogen) atoms. The Labute approximate surface area is 162 Å². The van der Waals surface area contributed by atoms with E-state index in [0.717, 1.165) is 51.4 Å². The summed E-state index contributed by atoms with van der Waals surface area (Å²) < 4.78 is 0. The highest BCUT2D eigenvalue weighted by molar-refractivity contribution is 5.85. The van der Waals surface area contributed by atoms with Crippen LogP contribution in [0.3, 0.4) is 0 Å². The zero-order valence-corrected chi connectivity index (χ0v) is 17.7. The van der Waals surface area contributed by atoms with Gasteiger partial charge < -0.3 is 21.1 Å². The summed E-state index contributed by atoms with van der Waals surface area (Å²) in [6, 6.07) is 0. The predicted molar refractivity (Wildman–Crippen MR) is 109 cm³/mol. The number of aliphatic hydroxyl groups excluding tert-OH is 3. The van der Waals surface area contributed by atoms with Crippen LogP contribution in [0.25, 0.3) is 0 Å². The maximum atomic E-state index is 10.8. The van der Waals surface area contributed by atoms with Crippen molar-refractivity contribution in [3.8, 4) is 0 Å². The lowest BCUT2D eigenvalue weighted by Crippen LogP contribution is -2.66. The number of halogens is 1. The predicted octanol–water partition coefficient (Wildman–Crippen LogP) is 4.18. The lowest BCUT2D eigenvalue weighted by atomic mass is 9.68. The van der Waals surface area contributed by atoms with Crippen LogP contribution in [0.15, 0.2) is 0 Å². The van der Waals surface area contributed by atoms with Crippen molar-refractivity contribution in [1.29, 1.82) is 0 Å². The summed E-state index contributed by atoms with van der Waals surface area (Å²) in [6.45, 7) is 8.33. The first-order valence-electron chi connectivity index (χ1n) is 10.2. The van der Waals surface area contributed by atoms with Crippen molar-refractivity contribution < 1.29 is 15.3 Å². The van der Waals surface area contributed by atoms with Crippen molar-refractivity contribution in [2.45, 2.75) is 122 Å². The first-order chi connectivity index (χ1) is 11.4. The lowest BCUT2D eigenvalue weighted by molar-refractivity contribution is -0.0872. The van der Waals surface area contributed by atoms with Gasteiger partial charge in [-0.05, 0) is 25.7 Å². The number of rotatable bonds is 15. The number of unbranched alkanes of at least 4 members (excludes halogenated alkanes) is 3. The van der Waals surface area contributed by atoms with Crippen LogP contribution < -0.4 is 5.73 Å². The molecule has 0 aliphatic rings. The van der Waals surface area contributed by atoms with Crippen molar-refractivity contribution in [3.63, 3.8) is 0 Å². The second-order valence-electron chi connectivity index (χ2n) is 7.42. The first kappa shape index (κ1) is 27.3. The average Bonchev–Trinajstić information content (AvgIpc) is 2.59. The number of hydrogen-bond acceptors (Lipinski definition) is 4. The van der Waals surface area contributed by atoms with Gasteiger partial charge in [-0.2, -0.15) is 0 Å². The van der Waals surface area contributed by atoms with Gasteiger partial charge in [0.1, 0.15) is 0 Å². The average molecular weight is 382 g/mol. The van der Waals surface area contributed by atoms with Crippen molar-refractivity contribution in [2.75, 3.05) is 0 Å². The Morgan fingerprint density at radius 2 is 1.08 bits per heavy atom. The summed E-state index contributed by atoms with van der Waals surface area (Å²) >= 11 is 0. The summed E-state index contributed by atoms with van der Waals surface area (Å²) in [6.07, 6.45) is 7.00. The van der Waals surface area contributed by atoms with Crippen molar-refractivity contribution >= 4 is 12.4 Å². The number of hydrogen-bond donors (Lipinski definition) is 4. The normalized spacial score (nSPS) is 18.7. The molecule has 0 saturated heterocycles. The third-order valence-electron chi connectivity index (χ3n) is 5.38. The third-order valence-corrected chi connectivity index (χ3v) is 5.38. The van der Waals surface area contributed by atoms with Gasteiger partial charge in [0.15, 0.2) is 0 Å². The van der Waals surface area contributed by atoms with Crippen LogP contribution in [0.4, 0.5) is 0 Å². The zero-order chi connectivity index (χ0) is 18.6. The first-order valence-corrected chi connectivity index (χ1v) is 10.2. The molecule has 0 bridgehead atoms. The van der Waals surface area contributed by atoms with E-state index in [1.165, 1.54) is 0 Å². The highest BCUT2D eigenvalue weighted by atomic mass is 35.5. The minimum Gasteiger partial charge on any atom is -0.393 e. The molecule has 0 rings (SSSR count). The molecule has 0 aromatic heterocycles. The molecule has 4 nitrogen and oxygen atoms in total. The minimum absolute atomic E-state index is 0. The quantitative estimate of drug-likeness (QED) is 0.342. The van der Waals surface area contributed by atoms with Crippen LogP contribution in [0.2, 0.25) is 0 Å². The van der Waals surface area contributed by atoms with Crippen molar-refractivity contribution in [3.05, 3.63) is 0 Å². The van der Waals surface area contributed by atoms with Gasteiger partial charge in [-0.15, -0.1) is 12.4 Å². The topological polar surface area (TPSA) is 86.7 Å². The Morgan fingerprint density at radius 3 is 1.44 bits per heavy atom. The van der Waals surface area contributed by atoms with E-state index in [1.807, 2.05) is 0 Å². The largest absolute Gasteiger partial charge is 0.393 e. The summed E-state index contributed by atoms with van der Waals surface area (Å²) in [5.41, 5.74) is 5.58. The van der Waals surface area contributed by atoms with Gasteiger partial charge in [0.2, 0.25) is 0 Å². The third kappa shape index (κ3) is 8.57.